The molecule has 0 bridgehead atoms. The first-order chi connectivity index (χ1) is 10.8. The van der Waals surface area contributed by atoms with Gasteiger partial charge in [-0.15, -0.1) is 0 Å². The van der Waals surface area contributed by atoms with Crippen LogP contribution in [-0.4, -0.2) is 23.2 Å². The summed E-state index contributed by atoms with van der Waals surface area (Å²) < 4.78 is 10.4. The molecule has 0 saturated carbocycles. The molecule has 120 valence electrons. The molecule has 0 spiro atoms. The molecule has 0 radical (unpaired) electrons. The van der Waals surface area contributed by atoms with Crippen molar-refractivity contribution >= 4 is 11.8 Å². The molecule has 0 aliphatic carbocycles. The van der Waals surface area contributed by atoms with Gasteiger partial charge in [-0.3, -0.25) is 0 Å². The Kier molecular flexibility index (Phi) is 4.91. The van der Waals surface area contributed by atoms with Crippen LogP contribution in [0, 0.1) is 11.8 Å². The average Bonchev–Trinajstić information content (AvgIpc) is 2.97. The average molecular weight is 313 g/mol. The van der Waals surface area contributed by atoms with E-state index in [-0.39, 0.29) is 6.54 Å². The summed E-state index contributed by atoms with van der Waals surface area (Å²) in [4.78, 5) is 15.4. The highest BCUT2D eigenvalue weighted by Gasteiger charge is 2.15. The summed E-state index contributed by atoms with van der Waals surface area (Å²) in [5, 5.41) is 2.58. The number of anilines is 1. The van der Waals surface area contributed by atoms with Crippen LogP contribution in [0.2, 0.25) is 0 Å². The van der Waals surface area contributed by atoms with Gasteiger partial charge in [0.05, 0.1) is 12.7 Å². The maximum Gasteiger partial charge on any atom is 0.408 e. The highest BCUT2D eigenvalue weighted by atomic mass is 16.6. The Hall–Kier alpha value is -2.94. The molecule has 0 aliphatic heterocycles. The van der Waals surface area contributed by atoms with Gasteiger partial charge in [-0.25, -0.2) is 9.78 Å². The number of carbonyl (C=O) groups is 1. The Morgan fingerprint density at radius 1 is 1.43 bits per heavy atom. The van der Waals surface area contributed by atoms with Gasteiger partial charge < -0.3 is 20.2 Å². The molecule has 6 nitrogen and oxygen atoms in total. The van der Waals surface area contributed by atoms with E-state index in [1.807, 2.05) is 0 Å². The number of nitrogens with one attached hydrogen (secondary N) is 1. The zero-order valence-electron chi connectivity index (χ0n) is 13.3. The maximum absolute atomic E-state index is 11.5. The largest absolute Gasteiger partial charge is 0.444 e. The van der Waals surface area contributed by atoms with Gasteiger partial charge in [0.25, 0.3) is 0 Å². The summed E-state index contributed by atoms with van der Waals surface area (Å²) in [6.07, 6.45) is 2.44. The molecule has 0 aliphatic rings. The van der Waals surface area contributed by atoms with E-state index in [2.05, 4.69) is 22.1 Å². The monoisotopic (exact) mass is 313 g/mol. The van der Waals surface area contributed by atoms with Crippen LogP contribution in [0.3, 0.4) is 0 Å². The number of carbonyl (C=O) groups excluding carboxylic acids is 1. The third kappa shape index (κ3) is 5.08. The molecule has 1 heterocycles. The number of hydrogen-bond acceptors (Lipinski definition) is 5. The van der Waals surface area contributed by atoms with Gasteiger partial charge >= 0.3 is 6.09 Å². The molecule has 2 rings (SSSR count). The number of aromatic nitrogens is 1. The van der Waals surface area contributed by atoms with Crippen molar-refractivity contribution in [1.82, 2.24) is 10.3 Å². The van der Waals surface area contributed by atoms with Crippen LogP contribution in [0.15, 0.2) is 35.2 Å². The maximum atomic E-state index is 11.5. The number of rotatable bonds is 2. The van der Waals surface area contributed by atoms with Crippen molar-refractivity contribution in [3.63, 3.8) is 0 Å². The van der Waals surface area contributed by atoms with Crippen LogP contribution in [0.25, 0.3) is 11.3 Å². The first-order valence-electron chi connectivity index (χ1n) is 7.09. The highest BCUT2D eigenvalue weighted by Crippen LogP contribution is 2.25. The minimum absolute atomic E-state index is 0.176. The summed E-state index contributed by atoms with van der Waals surface area (Å²) in [6, 6.07) is 5.32. The molecule has 1 aromatic carbocycles. The van der Waals surface area contributed by atoms with Gasteiger partial charge in [0, 0.05) is 16.8 Å². The first kappa shape index (κ1) is 16.4. The Labute approximate surface area is 135 Å². The minimum Gasteiger partial charge on any atom is -0.444 e. The van der Waals surface area contributed by atoms with Gasteiger partial charge in [-0.1, -0.05) is 11.8 Å². The number of amides is 1. The molecule has 0 atom stereocenters. The quantitative estimate of drug-likeness (QED) is 0.657. The predicted molar refractivity (Wildman–Crippen MR) is 87.5 cm³/mol. The van der Waals surface area contributed by atoms with Crippen molar-refractivity contribution < 1.29 is 13.9 Å². The normalized spacial score (nSPS) is 10.6. The number of hydrogen-bond donors (Lipinski definition) is 2. The summed E-state index contributed by atoms with van der Waals surface area (Å²) in [6.45, 7) is 5.58. The van der Waals surface area contributed by atoms with Crippen LogP contribution in [0.1, 0.15) is 26.3 Å². The van der Waals surface area contributed by atoms with Gasteiger partial charge in [0.1, 0.15) is 5.60 Å². The van der Waals surface area contributed by atoms with E-state index in [1.165, 1.54) is 6.39 Å². The predicted octanol–water partition coefficient (Wildman–Crippen LogP) is 2.80. The second-order valence-corrected chi connectivity index (χ2v) is 5.83. The summed E-state index contributed by atoms with van der Waals surface area (Å²) in [5.74, 6) is 6.44. The van der Waals surface area contributed by atoms with E-state index in [1.54, 1.807) is 45.2 Å². The molecule has 0 unspecified atom stereocenters. The van der Waals surface area contributed by atoms with E-state index >= 15 is 0 Å². The minimum atomic E-state index is -0.534. The first-order valence-corrected chi connectivity index (χ1v) is 7.09. The number of nitrogen functional groups attached to an aromatic ring is 1. The molecule has 23 heavy (non-hydrogen) atoms. The summed E-state index contributed by atoms with van der Waals surface area (Å²) in [5.41, 5.74) is 7.37. The molecular weight excluding hydrogens is 294 g/mol. The molecule has 6 heteroatoms. The van der Waals surface area contributed by atoms with Gasteiger partial charge in [0.15, 0.2) is 12.2 Å². The summed E-state index contributed by atoms with van der Waals surface area (Å²) >= 11 is 0. The lowest BCUT2D eigenvalue weighted by Gasteiger charge is -2.19. The fourth-order valence-corrected chi connectivity index (χ4v) is 1.79. The highest BCUT2D eigenvalue weighted by molar-refractivity contribution is 5.71. The van der Waals surface area contributed by atoms with Gasteiger partial charge in [-0.2, -0.15) is 0 Å². The van der Waals surface area contributed by atoms with Crippen molar-refractivity contribution in [2.45, 2.75) is 26.4 Å². The molecule has 3 N–H and O–H groups in total. The Balaban J connectivity index is 2.06. The summed E-state index contributed by atoms with van der Waals surface area (Å²) in [7, 11) is 0. The lowest BCUT2D eigenvalue weighted by atomic mass is 10.1. The number of nitrogens with two attached hydrogens (primary N) is 1. The van der Waals surface area contributed by atoms with Crippen molar-refractivity contribution in [2.24, 2.45) is 0 Å². The lowest BCUT2D eigenvalue weighted by Crippen LogP contribution is -2.32. The number of benzene rings is 1. The van der Waals surface area contributed by atoms with Crippen LogP contribution in [-0.2, 0) is 4.74 Å². The van der Waals surface area contributed by atoms with Gasteiger partial charge in [-0.05, 0) is 39.0 Å². The van der Waals surface area contributed by atoms with Crippen molar-refractivity contribution in [3.8, 4) is 23.2 Å². The molecule has 1 amide bonds. The van der Waals surface area contributed by atoms with Crippen molar-refractivity contribution in [3.05, 3.63) is 36.4 Å². The number of ether oxygens (including phenoxy) is 1. The molecule has 0 saturated heterocycles. The fraction of sp³-hybridized carbons (Fsp3) is 0.294. The molecule has 2 aromatic rings. The second-order valence-electron chi connectivity index (χ2n) is 5.83. The molecule has 0 fully saturated rings. The van der Waals surface area contributed by atoms with Crippen LogP contribution in [0.4, 0.5) is 10.5 Å². The number of nitrogens with zero attached hydrogens (tertiary/aromatic N) is 1. The third-order valence-electron chi connectivity index (χ3n) is 2.68. The van der Waals surface area contributed by atoms with E-state index in [0.717, 1.165) is 11.1 Å². The van der Waals surface area contributed by atoms with Crippen LogP contribution >= 0.6 is 0 Å². The lowest BCUT2D eigenvalue weighted by molar-refractivity contribution is 0.0535. The third-order valence-corrected chi connectivity index (χ3v) is 2.68. The zero-order chi connectivity index (χ0) is 16.9. The van der Waals surface area contributed by atoms with E-state index in [9.17, 15) is 4.79 Å². The van der Waals surface area contributed by atoms with Crippen LogP contribution in [0.5, 0.6) is 0 Å². The van der Waals surface area contributed by atoms with E-state index in [0.29, 0.717) is 11.4 Å². The number of oxazole rings is 1. The topological polar surface area (TPSA) is 90.4 Å². The standard InChI is InChI=1S/C17H19N3O3/c1-17(2,3)23-16(21)20-8-4-5-12-6-7-13(18)9-14(12)15-10-19-11-22-15/h6-7,9-11H,8,18H2,1-3H3,(H,20,21). The van der Waals surface area contributed by atoms with Crippen LogP contribution < -0.4 is 11.1 Å². The Bertz CT molecular complexity index is 735. The Morgan fingerprint density at radius 2 is 2.22 bits per heavy atom. The molecular formula is C17H19N3O3. The fourth-order valence-electron chi connectivity index (χ4n) is 1.79. The number of alkyl carbamates (subject to hydrolysis) is 1. The Morgan fingerprint density at radius 3 is 2.87 bits per heavy atom. The van der Waals surface area contributed by atoms with Crippen molar-refractivity contribution in [1.29, 1.82) is 0 Å². The van der Waals surface area contributed by atoms with E-state index in [4.69, 9.17) is 14.9 Å². The van der Waals surface area contributed by atoms with Crippen molar-refractivity contribution in [2.75, 3.05) is 12.3 Å². The van der Waals surface area contributed by atoms with Gasteiger partial charge in [0.2, 0.25) is 0 Å². The zero-order valence-corrected chi connectivity index (χ0v) is 13.3. The SMILES string of the molecule is CC(C)(C)OC(=O)NCC#Cc1ccc(N)cc1-c1cnco1. The molecule has 1 aromatic heterocycles. The smallest absolute Gasteiger partial charge is 0.408 e. The van der Waals surface area contributed by atoms with E-state index < -0.39 is 11.7 Å². The second kappa shape index (κ2) is 6.88.